The van der Waals surface area contributed by atoms with Crippen LogP contribution in [0.5, 0.6) is 5.75 Å². The summed E-state index contributed by atoms with van der Waals surface area (Å²) in [6, 6.07) is 23.3. The largest absolute Gasteiger partial charge is 0.497 e. The molecule has 0 aliphatic rings. The lowest BCUT2D eigenvalue weighted by Crippen LogP contribution is -2.40. The van der Waals surface area contributed by atoms with Crippen LogP contribution in [0, 0.1) is 0 Å². The van der Waals surface area contributed by atoms with E-state index in [4.69, 9.17) is 21.3 Å². The number of carbonyl (C=O) groups excluding carboxylic acids is 1. The van der Waals surface area contributed by atoms with Gasteiger partial charge in [0.15, 0.2) is 0 Å². The van der Waals surface area contributed by atoms with Gasteiger partial charge < -0.3 is 9.64 Å². The van der Waals surface area contributed by atoms with Crippen LogP contribution >= 0.6 is 11.6 Å². The van der Waals surface area contributed by atoms with Gasteiger partial charge in [0, 0.05) is 6.54 Å². The van der Waals surface area contributed by atoms with Gasteiger partial charge in [-0.3, -0.25) is 14.2 Å². The minimum atomic E-state index is -0.841. The molecule has 0 bridgehead atoms. The van der Waals surface area contributed by atoms with Crippen molar-refractivity contribution >= 4 is 28.4 Å². The molecule has 1 heterocycles. The molecular formula is C28H28ClN3O3. The summed E-state index contributed by atoms with van der Waals surface area (Å²) >= 11 is 6.64. The first-order valence-corrected chi connectivity index (χ1v) is 12.1. The fourth-order valence-corrected chi connectivity index (χ4v) is 4.61. The van der Waals surface area contributed by atoms with Crippen molar-refractivity contribution in [3.05, 3.63) is 101 Å². The van der Waals surface area contributed by atoms with E-state index in [1.165, 1.54) is 0 Å². The van der Waals surface area contributed by atoms with Gasteiger partial charge in [-0.25, -0.2) is 4.98 Å². The molecule has 0 saturated heterocycles. The van der Waals surface area contributed by atoms with Crippen molar-refractivity contribution in [3.63, 3.8) is 0 Å². The molecule has 0 aliphatic heterocycles. The van der Waals surface area contributed by atoms with Crippen molar-refractivity contribution in [2.45, 2.75) is 31.7 Å². The van der Waals surface area contributed by atoms with Crippen LogP contribution in [0.3, 0.4) is 0 Å². The summed E-state index contributed by atoms with van der Waals surface area (Å²) in [6.45, 7) is 4.30. The number of para-hydroxylation sites is 1. The first kappa shape index (κ1) is 24.5. The maximum atomic E-state index is 13.7. The van der Waals surface area contributed by atoms with Gasteiger partial charge in [-0.2, -0.15) is 0 Å². The topological polar surface area (TPSA) is 64.4 Å². The first-order valence-electron chi connectivity index (χ1n) is 11.7. The van der Waals surface area contributed by atoms with E-state index in [9.17, 15) is 9.59 Å². The molecule has 0 radical (unpaired) electrons. The predicted octanol–water partition coefficient (Wildman–Crippen LogP) is 5.67. The molecule has 35 heavy (non-hydrogen) atoms. The normalized spacial score (nSPS) is 12.8. The van der Waals surface area contributed by atoms with Crippen LogP contribution in [0.15, 0.2) is 83.7 Å². The number of carbonyl (C=O) groups is 1. The smallest absolute Gasteiger partial charge is 0.266 e. The zero-order valence-electron chi connectivity index (χ0n) is 20.0. The van der Waals surface area contributed by atoms with Crippen molar-refractivity contribution < 1.29 is 9.53 Å². The Balaban J connectivity index is 1.88. The first-order chi connectivity index (χ1) is 17.0. The molecule has 2 unspecified atom stereocenters. The maximum absolute atomic E-state index is 13.7. The van der Waals surface area contributed by atoms with E-state index in [2.05, 4.69) is 0 Å². The molecular weight excluding hydrogens is 462 g/mol. The van der Waals surface area contributed by atoms with Crippen LogP contribution in [-0.2, 0) is 4.79 Å². The molecule has 4 aromatic rings. The fraction of sp³-hybridized carbons (Fsp3) is 0.250. The van der Waals surface area contributed by atoms with Gasteiger partial charge in [0.1, 0.15) is 17.0 Å². The van der Waals surface area contributed by atoms with E-state index in [0.29, 0.717) is 41.1 Å². The SMILES string of the molecule is CCC(c1nc2ccccc2c(=O)n1-c1ccc(OC)cc1)N(CC)C(=O)C(Cl)c1ccccc1. The Kier molecular flexibility index (Phi) is 7.51. The number of halogens is 1. The summed E-state index contributed by atoms with van der Waals surface area (Å²) in [5, 5.41) is -0.331. The van der Waals surface area contributed by atoms with Gasteiger partial charge in [0.25, 0.3) is 5.56 Å². The highest BCUT2D eigenvalue weighted by Crippen LogP contribution is 2.31. The molecule has 1 aromatic heterocycles. The molecule has 0 spiro atoms. The monoisotopic (exact) mass is 489 g/mol. The molecule has 0 N–H and O–H groups in total. The zero-order valence-corrected chi connectivity index (χ0v) is 20.8. The number of ether oxygens (including phenoxy) is 1. The van der Waals surface area contributed by atoms with Gasteiger partial charge in [-0.15, -0.1) is 11.6 Å². The van der Waals surface area contributed by atoms with Crippen LogP contribution in [0.2, 0.25) is 0 Å². The molecule has 6 nitrogen and oxygen atoms in total. The summed E-state index contributed by atoms with van der Waals surface area (Å²) in [4.78, 5) is 33.9. The third kappa shape index (κ3) is 4.80. The fourth-order valence-electron chi connectivity index (χ4n) is 4.34. The average molecular weight is 490 g/mol. The Labute approximate surface area is 209 Å². The van der Waals surface area contributed by atoms with Crippen LogP contribution in [0.25, 0.3) is 16.6 Å². The number of hydrogen-bond acceptors (Lipinski definition) is 4. The molecule has 0 saturated carbocycles. The van der Waals surface area contributed by atoms with Gasteiger partial charge in [0.05, 0.1) is 29.7 Å². The van der Waals surface area contributed by atoms with Crippen LogP contribution < -0.4 is 10.3 Å². The Morgan fingerprint density at radius 1 is 1.00 bits per heavy atom. The van der Waals surface area contributed by atoms with Gasteiger partial charge in [0.2, 0.25) is 5.91 Å². The number of likely N-dealkylation sites (N-methyl/N-ethyl adjacent to an activating group) is 1. The number of amides is 1. The number of hydrogen-bond donors (Lipinski definition) is 0. The maximum Gasteiger partial charge on any atom is 0.266 e. The highest BCUT2D eigenvalue weighted by Gasteiger charge is 2.32. The van der Waals surface area contributed by atoms with Crippen molar-refractivity contribution in [1.29, 1.82) is 0 Å². The number of methoxy groups -OCH3 is 1. The number of rotatable bonds is 8. The van der Waals surface area contributed by atoms with E-state index in [-0.39, 0.29) is 11.5 Å². The summed E-state index contributed by atoms with van der Waals surface area (Å²) in [7, 11) is 1.59. The van der Waals surface area contributed by atoms with E-state index < -0.39 is 11.4 Å². The van der Waals surface area contributed by atoms with Gasteiger partial charge >= 0.3 is 0 Å². The zero-order chi connectivity index (χ0) is 24.9. The quantitative estimate of drug-likeness (QED) is 0.299. The molecule has 7 heteroatoms. The molecule has 0 aliphatic carbocycles. The van der Waals surface area contributed by atoms with E-state index in [1.54, 1.807) is 34.8 Å². The third-order valence-electron chi connectivity index (χ3n) is 6.13. The van der Waals surface area contributed by atoms with Crippen LogP contribution in [0.4, 0.5) is 0 Å². The van der Waals surface area contributed by atoms with Gasteiger partial charge in [-0.1, -0.05) is 49.4 Å². The lowest BCUT2D eigenvalue weighted by Gasteiger charge is -2.33. The average Bonchev–Trinajstić information content (AvgIpc) is 2.91. The molecule has 1 amide bonds. The summed E-state index contributed by atoms with van der Waals surface area (Å²) < 4.78 is 6.88. The lowest BCUT2D eigenvalue weighted by atomic mass is 10.1. The van der Waals surface area contributed by atoms with Gasteiger partial charge in [-0.05, 0) is 55.3 Å². The van der Waals surface area contributed by atoms with Crippen molar-refractivity contribution in [2.24, 2.45) is 0 Å². The van der Waals surface area contributed by atoms with Crippen molar-refractivity contribution in [2.75, 3.05) is 13.7 Å². The second kappa shape index (κ2) is 10.7. The van der Waals surface area contributed by atoms with Crippen LogP contribution in [0.1, 0.15) is 43.1 Å². The Morgan fingerprint density at radius 2 is 1.66 bits per heavy atom. The summed E-state index contributed by atoms with van der Waals surface area (Å²) in [5.41, 5.74) is 1.77. The summed E-state index contributed by atoms with van der Waals surface area (Å²) in [5.74, 6) is 0.951. The predicted molar refractivity (Wildman–Crippen MR) is 139 cm³/mol. The highest BCUT2D eigenvalue weighted by molar-refractivity contribution is 6.30. The molecule has 4 rings (SSSR count). The molecule has 3 aromatic carbocycles. The Morgan fingerprint density at radius 3 is 2.29 bits per heavy atom. The Bertz CT molecular complexity index is 1370. The second-order valence-corrected chi connectivity index (χ2v) is 8.58. The highest BCUT2D eigenvalue weighted by atomic mass is 35.5. The minimum absolute atomic E-state index is 0.191. The molecule has 0 fully saturated rings. The number of alkyl halides is 1. The Hall–Kier alpha value is -3.64. The van der Waals surface area contributed by atoms with Crippen molar-refractivity contribution in [3.8, 4) is 11.4 Å². The number of nitrogens with zero attached hydrogens (tertiary/aromatic N) is 3. The van der Waals surface area contributed by atoms with E-state index >= 15 is 0 Å². The van der Waals surface area contributed by atoms with E-state index in [0.717, 1.165) is 5.56 Å². The summed E-state index contributed by atoms with van der Waals surface area (Å²) in [6.07, 6.45) is 0.554. The molecule has 180 valence electrons. The minimum Gasteiger partial charge on any atom is -0.497 e. The third-order valence-corrected chi connectivity index (χ3v) is 6.56. The number of aromatic nitrogens is 2. The van der Waals surface area contributed by atoms with Crippen LogP contribution in [-0.4, -0.2) is 34.0 Å². The molecule has 2 atom stereocenters. The lowest BCUT2D eigenvalue weighted by molar-refractivity contribution is -0.133. The van der Waals surface area contributed by atoms with E-state index in [1.807, 2.05) is 74.5 Å². The number of fused-ring (bicyclic) bond motifs is 1. The number of benzene rings is 3. The second-order valence-electron chi connectivity index (χ2n) is 8.15. The standard InChI is InChI=1S/C28H28ClN3O3/c1-4-24(31(5-2)28(34)25(29)19-11-7-6-8-12-19)26-30-23-14-10-9-13-22(23)27(33)32(26)20-15-17-21(35-3)18-16-20/h6-18,24-25H,4-5H2,1-3H3. The van der Waals surface area contributed by atoms with Crippen molar-refractivity contribution in [1.82, 2.24) is 14.5 Å².